The zero-order chi connectivity index (χ0) is 13.8. The second kappa shape index (κ2) is 6.04. The third-order valence-electron chi connectivity index (χ3n) is 3.54. The molecule has 5 heteroatoms. The Kier molecular flexibility index (Phi) is 4.39. The molecule has 0 radical (unpaired) electrons. The normalized spacial score (nSPS) is 20.8. The van der Waals surface area contributed by atoms with Crippen LogP contribution in [-0.2, 0) is 9.53 Å². The van der Waals surface area contributed by atoms with Crippen LogP contribution in [-0.4, -0.2) is 48.8 Å². The Hall–Kier alpha value is -1.59. The van der Waals surface area contributed by atoms with Gasteiger partial charge >= 0.3 is 0 Å². The predicted octanol–water partition coefficient (Wildman–Crippen LogP) is 0.900. The molecule has 0 aliphatic carbocycles. The Balaban J connectivity index is 2.08. The van der Waals surface area contributed by atoms with Crippen molar-refractivity contribution < 1.29 is 14.6 Å². The number of para-hydroxylation sites is 1. The standard InChI is InChI=1S/C14H20N2O3/c1-10(11-5-3-4-6-13(11)17)16(2)14(18)12-9-19-8-7-15-12/h3-6,10,12,15,17H,7-9H2,1-2H3. The van der Waals surface area contributed by atoms with E-state index in [1.165, 1.54) is 0 Å². The van der Waals surface area contributed by atoms with Crippen molar-refractivity contribution in [3.63, 3.8) is 0 Å². The van der Waals surface area contributed by atoms with E-state index < -0.39 is 0 Å². The van der Waals surface area contributed by atoms with E-state index in [0.29, 0.717) is 19.8 Å². The van der Waals surface area contributed by atoms with Gasteiger partial charge in [-0.25, -0.2) is 0 Å². The fourth-order valence-electron chi connectivity index (χ4n) is 2.21. The zero-order valence-electron chi connectivity index (χ0n) is 11.3. The van der Waals surface area contributed by atoms with Gasteiger partial charge < -0.3 is 20.1 Å². The van der Waals surface area contributed by atoms with Crippen LogP contribution < -0.4 is 5.32 Å². The van der Waals surface area contributed by atoms with Gasteiger partial charge in [0, 0.05) is 19.2 Å². The molecule has 104 valence electrons. The molecule has 1 aromatic carbocycles. The number of carbonyl (C=O) groups is 1. The van der Waals surface area contributed by atoms with Crippen molar-refractivity contribution in [3.05, 3.63) is 29.8 Å². The third-order valence-corrected chi connectivity index (χ3v) is 3.54. The van der Waals surface area contributed by atoms with Crippen LogP contribution in [0.25, 0.3) is 0 Å². The molecule has 19 heavy (non-hydrogen) atoms. The summed E-state index contributed by atoms with van der Waals surface area (Å²) in [6.07, 6.45) is 0. The van der Waals surface area contributed by atoms with Crippen LogP contribution in [0.4, 0.5) is 0 Å². The van der Waals surface area contributed by atoms with Crippen molar-refractivity contribution in [2.24, 2.45) is 0 Å². The van der Waals surface area contributed by atoms with Gasteiger partial charge in [0.25, 0.3) is 0 Å². The van der Waals surface area contributed by atoms with Crippen LogP contribution in [0.3, 0.4) is 0 Å². The van der Waals surface area contributed by atoms with Crippen LogP contribution in [0, 0.1) is 0 Å². The van der Waals surface area contributed by atoms with E-state index in [4.69, 9.17) is 4.74 Å². The SMILES string of the molecule is CC(c1ccccc1O)N(C)C(=O)C1COCCN1. The molecule has 2 unspecified atom stereocenters. The monoisotopic (exact) mass is 264 g/mol. The molecule has 1 fully saturated rings. The van der Waals surface area contributed by atoms with Gasteiger partial charge in [-0.1, -0.05) is 18.2 Å². The quantitative estimate of drug-likeness (QED) is 0.851. The van der Waals surface area contributed by atoms with Crippen LogP contribution in [0.5, 0.6) is 5.75 Å². The Morgan fingerprint density at radius 3 is 2.89 bits per heavy atom. The average molecular weight is 264 g/mol. The molecule has 1 aliphatic heterocycles. The van der Waals surface area contributed by atoms with Crippen LogP contribution in [0.1, 0.15) is 18.5 Å². The van der Waals surface area contributed by atoms with Gasteiger partial charge in [-0.05, 0) is 13.0 Å². The maximum absolute atomic E-state index is 12.3. The fourth-order valence-corrected chi connectivity index (χ4v) is 2.21. The first-order valence-corrected chi connectivity index (χ1v) is 6.47. The first kappa shape index (κ1) is 13.8. The van der Waals surface area contributed by atoms with Crippen LogP contribution in [0.2, 0.25) is 0 Å². The minimum absolute atomic E-state index is 0.0181. The summed E-state index contributed by atoms with van der Waals surface area (Å²) in [6, 6.07) is 6.60. The van der Waals surface area contributed by atoms with Gasteiger partial charge in [-0.3, -0.25) is 4.79 Å². The number of morpholine rings is 1. The summed E-state index contributed by atoms with van der Waals surface area (Å²) < 4.78 is 5.30. The van der Waals surface area contributed by atoms with Crippen LogP contribution in [0.15, 0.2) is 24.3 Å². The molecule has 2 atom stereocenters. The number of benzene rings is 1. The first-order valence-electron chi connectivity index (χ1n) is 6.47. The maximum atomic E-state index is 12.3. The highest BCUT2D eigenvalue weighted by molar-refractivity contribution is 5.82. The summed E-state index contributed by atoms with van der Waals surface area (Å²) in [4.78, 5) is 14.0. The first-order chi connectivity index (χ1) is 9.11. The maximum Gasteiger partial charge on any atom is 0.242 e. The molecular formula is C14H20N2O3. The molecule has 0 saturated carbocycles. The largest absolute Gasteiger partial charge is 0.508 e. The van der Waals surface area contributed by atoms with Crippen molar-refractivity contribution in [2.75, 3.05) is 26.8 Å². The number of hydrogen-bond acceptors (Lipinski definition) is 4. The smallest absolute Gasteiger partial charge is 0.242 e. The summed E-state index contributed by atoms with van der Waals surface area (Å²) in [5, 5.41) is 13.0. The summed E-state index contributed by atoms with van der Waals surface area (Å²) in [5.41, 5.74) is 0.745. The molecule has 1 heterocycles. The van der Waals surface area contributed by atoms with Crippen molar-refractivity contribution in [2.45, 2.75) is 19.0 Å². The number of likely N-dealkylation sites (N-methyl/N-ethyl adjacent to an activating group) is 1. The van der Waals surface area contributed by atoms with Crippen LogP contribution >= 0.6 is 0 Å². The number of rotatable bonds is 3. The lowest BCUT2D eigenvalue weighted by atomic mass is 10.1. The van der Waals surface area contributed by atoms with E-state index in [0.717, 1.165) is 5.56 Å². The van der Waals surface area contributed by atoms with Gasteiger partial charge in [0.1, 0.15) is 11.8 Å². The molecule has 0 aromatic heterocycles. The lowest BCUT2D eigenvalue weighted by Gasteiger charge is -2.31. The Labute approximate surface area is 113 Å². The molecule has 0 bridgehead atoms. The van der Waals surface area contributed by atoms with E-state index in [1.54, 1.807) is 24.1 Å². The minimum Gasteiger partial charge on any atom is -0.508 e. The van der Waals surface area contributed by atoms with Crippen molar-refractivity contribution in [1.29, 1.82) is 0 Å². The number of carbonyl (C=O) groups excluding carboxylic acids is 1. The Morgan fingerprint density at radius 1 is 1.53 bits per heavy atom. The number of ether oxygens (including phenoxy) is 1. The summed E-state index contributed by atoms with van der Waals surface area (Å²) in [5.74, 6) is 0.193. The van der Waals surface area contributed by atoms with Gasteiger partial charge in [0.05, 0.1) is 19.3 Å². The highest BCUT2D eigenvalue weighted by atomic mass is 16.5. The van der Waals surface area contributed by atoms with Crippen molar-refractivity contribution in [3.8, 4) is 5.75 Å². The molecule has 2 N–H and O–H groups in total. The van der Waals surface area contributed by atoms with E-state index in [1.807, 2.05) is 19.1 Å². The third kappa shape index (κ3) is 3.05. The number of amides is 1. The van der Waals surface area contributed by atoms with Gasteiger partial charge in [0.15, 0.2) is 0 Å². The molecule has 1 aromatic rings. The van der Waals surface area contributed by atoms with Gasteiger partial charge in [-0.15, -0.1) is 0 Å². The number of phenols is 1. The average Bonchev–Trinajstić information content (AvgIpc) is 2.46. The number of hydrogen-bond donors (Lipinski definition) is 2. The van der Waals surface area contributed by atoms with E-state index in [2.05, 4.69) is 5.32 Å². The van der Waals surface area contributed by atoms with Crippen molar-refractivity contribution in [1.82, 2.24) is 10.2 Å². The zero-order valence-corrected chi connectivity index (χ0v) is 11.3. The molecule has 1 amide bonds. The molecule has 5 nitrogen and oxygen atoms in total. The lowest BCUT2D eigenvalue weighted by Crippen LogP contribution is -2.52. The van der Waals surface area contributed by atoms with Gasteiger partial charge in [-0.2, -0.15) is 0 Å². The van der Waals surface area contributed by atoms with E-state index in [9.17, 15) is 9.90 Å². The Bertz CT molecular complexity index is 444. The number of phenolic OH excluding ortho intramolecular Hbond substituents is 1. The van der Waals surface area contributed by atoms with E-state index >= 15 is 0 Å². The minimum atomic E-state index is -0.299. The second-order valence-corrected chi connectivity index (χ2v) is 4.77. The Morgan fingerprint density at radius 2 is 2.26 bits per heavy atom. The lowest BCUT2D eigenvalue weighted by molar-refractivity contribution is -0.137. The number of nitrogens with zero attached hydrogens (tertiary/aromatic N) is 1. The molecule has 1 saturated heterocycles. The summed E-state index contributed by atoms with van der Waals surface area (Å²) in [6.45, 7) is 3.63. The topological polar surface area (TPSA) is 61.8 Å². The highest BCUT2D eigenvalue weighted by Gasteiger charge is 2.28. The van der Waals surface area contributed by atoms with Crippen molar-refractivity contribution >= 4 is 5.91 Å². The van der Waals surface area contributed by atoms with E-state index in [-0.39, 0.29) is 23.7 Å². The summed E-state index contributed by atoms with van der Waals surface area (Å²) in [7, 11) is 1.75. The fraction of sp³-hybridized carbons (Fsp3) is 0.500. The number of nitrogens with one attached hydrogen (secondary N) is 1. The van der Waals surface area contributed by atoms with Gasteiger partial charge in [0.2, 0.25) is 5.91 Å². The predicted molar refractivity (Wildman–Crippen MR) is 71.9 cm³/mol. The second-order valence-electron chi connectivity index (χ2n) is 4.77. The molecule has 0 spiro atoms. The summed E-state index contributed by atoms with van der Waals surface area (Å²) >= 11 is 0. The highest BCUT2D eigenvalue weighted by Crippen LogP contribution is 2.27. The molecule has 2 rings (SSSR count). The molecule has 1 aliphatic rings. The number of aromatic hydroxyl groups is 1. The molecular weight excluding hydrogens is 244 g/mol.